The molecule has 0 aromatic carbocycles. The first-order valence-corrected chi connectivity index (χ1v) is 5.42. The van der Waals surface area contributed by atoms with Crippen molar-refractivity contribution in [3.8, 4) is 0 Å². The molecule has 1 N–H and O–H groups in total. The summed E-state index contributed by atoms with van der Waals surface area (Å²) in [5.74, 6) is 0.620. The van der Waals surface area contributed by atoms with Gasteiger partial charge in [-0.3, -0.25) is 4.98 Å². The van der Waals surface area contributed by atoms with E-state index in [2.05, 4.69) is 46.7 Å². The summed E-state index contributed by atoms with van der Waals surface area (Å²) in [7, 11) is 0. The average Bonchev–Trinajstić information content (AvgIpc) is 2.01. The van der Waals surface area contributed by atoms with Crippen LogP contribution in [0.2, 0.25) is 0 Å². The largest absolute Gasteiger partial charge is 0.358 e. The molecule has 0 saturated carbocycles. The number of hydrogen-bond donors (Lipinski definition) is 1. The van der Waals surface area contributed by atoms with Crippen molar-refractivity contribution in [1.82, 2.24) is 4.98 Å². The van der Waals surface area contributed by atoms with E-state index in [1.54, 1.807) is 12.4 Å². The standard InChI is InChI=1S/C11H15BrN2/c1-8(2)4-9(3)14-11-5-10(12)6-13-7-11/h5-8,14H,3-4H2,1-2H3. The lowest BCUT2D eigenvalue weighted by molar-refractivity contribution is 0.645. The van der Waals surface area contributed by atoms with Crippen molar-refractivity contribution in [2.24, 2.45) is 5.92 Å². The number of pyridine rings is 1. The van der Waals surface area contributed by atoms with Gasteiger partial charge in [-0.1, -0.05) is 20.4 Å². The van der Waals surface area contributed by atoms with Crippen LogP contribution in [0.1, 0.15) is 20.3 Å². The Morgan fingerprint density at radius 2 is 2.29 bits per heavy atom. The van der Waals surface area contributed by atoms with Gasteiger partial charge in [0.2, 0.25) is 0 Å². The summed E-state index contributed by atoms with van der Waals surface area (Å²) in [5.41, 5.74) is 2.00. The molecule has 0 spiro atoms. The summed E-state index contributed by atoms with van der Waals surface area (Å²) < 4.78 is 0.972. The molecular weight excluding hydrogens is 240 g/mol. The average molecular weight is 255 g/mol. The highest BCUT2D eigenvalue weighted by Crippen LogP contribution is 2.17. The van der Waals surface area contributed by atoms with E-state index in [1.807, 2.05) is 6.07 Å². The molecular formula is C11H15BrN2. The lowest BCUT2D eigenvalue weighted by Crippen LogP contribution is -2.01. The van der Waals surface area contributed by atoms with Crippen LogP contribution < -0.4 is 5.32 Å². The Hall–Kier alpha value is -0.830. The third-order valence-electron chi connectivity index (χ3n) is 1.68. The van der Waals surface area contributed by atoms with E-state index in [-0.39, 0.29) is 0 Å². The summed E-state index contributed by atoms with van der Waals surface area (Å²) in [5, 5.41) is 3.23. The molecule has 0 saturated heterocycles. The lowest BCUT2D eigenvalue weighted by Gasteiger charge is -2.11. The molecule has 0 amide bonds. The molecule has 0 aliphatic carbocycles. The summed E-state index contributed by atoms with van der Waals surface area (Å²) in [6.07, 6.45) is 4.53. The minimum atomic E-state index is 0.620. The number of allylic oxidation sites excluding steroid dienone is 1. The molecule has 0 bridgehead atoms. The van der Waals surface area contributed by atoms with Crippen LogP contribution >= 0.6 is 15.9 Å². The second kappa shape index (κ2) is 5.15. The highest BCUT2D eigenvalue weighted by Gasteiger charge is 1.99. The van der Waals surface area contributed by atoms with Crippen LogP contribution in [0.5, 0.6) is 0 Å². The molecule has 0 radical (unpaired) electrons. The molecule has 1 heterocycles. The number of halogens is 1. The number of anilines is 1. The quantitative estimate of drug-likeness (QED) is 0.884. The third-order valence-corrected chi connectivity index (χ3v) is 2.11. The molecule has 2 nitrogen and oxygen atoms in total. The van der Waals surface area contributed by atoms with E-state index in [1.165, 1.54) is 0 Å². The summed E-state index contributed by atoms with van der Waals surface area (Å²) in [6, 6.07) is 1.98. The summed E-state index contributed by atoms with van der Waals surface area (Å²) >= 11 is 3.37. The van der Waals surface area contributed by atoms with E-state index in [0.717, 1.165) is 22.3 Å². The van der Waals surface area contributed by atoms with E-state index in [0.29, 0.717) is 5.92 Å². The van der Waals surface area contributed by atoms with Crippen molar-refractivity contribution in [1.29, 1.82) is 0 Å². The second-order valence-electron chi connectivity index (χ2n) is 3.72. The molecule has 0 fully saturated rings. The Balaban J connectivity index is 2.56. The monoisotopic (exact) mass is 254 g/mol. The highest BCUT2D eigenvalue weighted by molar-refractivity contribution is 9.10. The van der Waals surface area contributed by atoms with Crippen LogP contribution in [0.4, 0.5) is 5.69 Å². The maximum Gasteiger partial charge on any atom is 0.0579 e. The number of aromatic nitrogens is 1. The van der Waals surface area contributed by atoms with Gasteiger partial charge in [-0.15, -0.1) is 0 Å². The van der Waals surface area contributed by atoms with Gasteiger partial charge < -0.3 is 5.32 Å². The van der Waals surface area contributed by atoms with Crippen LogP contribution in [0, 0.1) is 5.92 Å². The van der Waals surface area contributed by atoms with Crippen LogP contribution in [0.25, 0.3) is 0 Å². The Morgan fingerprint density at radius 1 is 1.57 bits per heavy atom. The summed E-state index contributed by atoms with van der Waals surface area (Å²) in [4.78, 5) is 4.07. The predicted molar refractivity (Wildman–Crippen MR) is 64.2 cm³/mol. The minimum absolute atomic E-state index is 0.620. The number of nitrogens with one attached hydrogen (secondary N) is 1. The molecule has 76 valence electrons. The maximum atomic E-state index is 4.07. The van der Waals surface area contributed by atoms with Gasteiger partial charge in [-0.2, -0.15) is 0 Å². The Bertz CT molecular complexity index is 321. The topological polar surface area (TPSA) is 24.9 Å². The highest BCUT2D eigenvalue weighted by atomic mass is 79.9. The molecule has 1 rings (SSSR count). The predicted octanol–water partition coefficient (Wildman–Crippen LogP) is 3.82. The van der Waals surface area contributed by atoms with E-state index in [4.69, 9.17) is 0 Å². The first-order chi connectivity index (χ1) is 6.58. The van der Waals surface area contributed by atoms with Gasteiger partial charge in [-0.25, -0.2) is 0 Å². The zero-order chi connectivity index (χ0) is 10.6. The van der Waals surface area contributed by atoms with Gasteiger partial charge >= 0.3 is 0 Å². The second-order valence-corrected chi connectivity index (χ2v) is 4.63. The van der Waals surface area contributed by atoms with Crippen molar-refractivity contribution in [3.05, 3.63) is 35.2 Å². The van der Waals surface area contributed by atoms with Gasteiger partial charge in [0.1, 0.15) is 0 Å². The molecule has 0 aliphatic heterocycles. The fourth-order valence-electron chi connectivity index (χ4n) is 1.23. The zero-order valence-corrected chi connectivity index (χ0v) is 10.1. The van der Waals surface area contributed by atoms with Gasteiger partial charge in [0, 0.05) is 16.4 Å². The zero-order valence-electron chi connectivity index (χ0n) is 8.55. The normalized spacial score (nSPS) is 10.3. The van der Waals surface area contributed by atoms with Crippen molar-refractivity contribution >= 4 is 21.6 Å². The third kappa shape index (κ3) is 3.92. The molecule has 0 unspecified atom stereocenters. The van der Waals surface area contributed by atoms with Gasteiger partial charge in [0.15, 0.2) is 0 Å². The van der Waals surface area contributed by atoms with E-state index in [9.17, 15) is 0 Å². The number of nitrogens with zero attached hydrogens (tertiary/aromatic N) is 1. The van der Waals surface area contributed by atoms with E-state index >= 15 is 0 Å². The van der Waals surface area contributed by atoms with Gasteiger partial charge in [0.25, 0.3) is 0 Å². The smallest absolute Gasteiger partial charge is 0.0579 e. The Morgan fingerprint density at radius 3 is 2.86 bits per heavy atom. The first-order valence-electron chi connectivity index (χ1n) is 4.63. The SMILES string of the molecule is C=C(CC(C)C)Nc1cncc(Br)c1. The van der Waals surface area contributed by atoms with Crippen molar-refractivity contribution in [2.75, 3.05) is 5.32 Å². The van der Waals surface area contributed by atoms with Crippen molar-refractivity contribution in [2.45, 2.75) is 20.3 Å². The fraction of sp³-hybridized carbons (Fsp3) is 0.364. The molecule has 1 aromatic heterocycles. The molecule has 3 heteroatoms. The maximum absolute atomic E-state index is 4.07. The van der Waals surface area contributed by atoms with Gasteiger partial charge in [-0.05, 0) is 34.3 Å². The fourth-order valence-corrected chi connectivity index (χ4v) is 1.59. The Kier molecular flexibility index (Phi) is 4.14. The first kappa shape index (κ1) is 11.2. The van der Waals surface area contributed by atoms with Gasteiger partial charge in [0.05, 0.1) is 11.9 Å². The molecule has 0 atom stereocenters. The van der Waals surface area contributed by atoms with Crippen LogP contribution in [0.3, 0.4) is 0 Å². The molecule has 1 aromatic rings. The van der Waals surface area contributed by atoms with E-state index < -0.39 is 0 Å². The van der Waals surface area contributed by atoms with Crippen molar-refractivity contribution < 1.29 is 0 Å². The van der Waals surface area contributed by atoms with Crippen molar-refractivity contribution in [3.63, 3.8) is 0 Å². The number of hydrogen-bond acceptors (Lipinski definition) is 2. The lowest BCUT2D eigenvalue weighted by atomic mass is 10.1. The Labute approximate surface area is 93.6 Å². The van der Waals surface area contributed by atoms with Crippen LogP contribution in [0.15, 0.2) is 35.2 Å². The number of rotatable bonds is 4. The summed E-state index contributed by atoms with van der Waals surface area (Å²) in [6.45, 7) is 8.31. The minimum Gasteiger partial charge on any atom is -0.358 e. The molecule has 14 heavy (non-hydrogen) atoms. The van der Waals surface area contributed by atoms with Crippen LogP contribution in [-0.4, -0.2) is 4.98 Å². The van der Waals surface area contributed by atoms with Crippen LogP contribution in [-0.2, 0) is 0 Å². The molecule has 0 aliphatic rings.